The average molecular weight is 508 g/mol. The average Bonchev–Trinajstić information content (AvgIpc) is 3.40. The van der Waals surface area contributed by atoms with Crippen molar-refractivity contribution in [2.45, 2.75) is 31.0 Å². The predicted molar refractivity (Wildman–Crippen MR) is 115 cm³/mol. The number of nitrogens with zero attached hydrogens (tertiary/aromatic N) is 2. The van der Waals surface area contributed by atoms with Crippen LogP contribution < -0.4 is 15.8 Å². The maximum atomic E-state index is 14.3. The number of aromatic nitrogens is 2. The number of aryl methyl sites for hydroxylation is 1. The Labute approximate surface area is 201 Å². The number of carbonyl (C=O) groups excluding carboxylic acids is 2. The zero-order chi connectivity index (χ0) is 26.5. The quantitative estimate of drug-likeness (QED) is 0.435. The highest BCUT2D eigenvalue weighted by molar-refractivity contribution is 5.94. The van der Waals surface area contributed by atoms with Crippen molar-refractivity contribution in [1.82, 2.24) is 15.5 Å². The number of nitrogens with two attached hydrogens (primary N) is 1. The monoisotopic (exact) mass is 508 g/mol. The Kier molecular flexibility index (Phi) is 5.99. The van der Waals surface area contributed by atoms with E-state index in [1.807, 2.05) is 5.32 Å². The van der Waals surface area contributed by atoms with Crippen molar-refractivity contribution >= 4 is 11.8 Å². The molecule has 0 aliphatic carbocycles. The molecule has 3 aromatic rings. The van der Waals surface area contributed by atoms with Crippen molar-refractivity contribution in [1.29, 1.82) is 0 Å². The van der Waals surface area contributed by atoms with Gasteiger partial charge in [-0.15, -0.1) is 0 Å². The van der Waals surface area contributed by atoms with Gasteiger partial charge in [0.1, 0.15) is 40.6 Å². The molecule has 0 saturated carbocycles. The molecule has 0 fully saturated rings. The minimum atomic E-state index is -5.33. The van der Waals surface area contributed by atoms with E-state index in [0.717, 1.165) is 24.4 Å². The number of hydrogen-bond donors (Lipinski definition) is 3. The van der Waals surface area contributed by atoms with Gasteiger partial charge in [-0.05, 0) is 44.2 Å². The number of pyridine rings is 1. The van der Waals surface area contributed by atoms with Crippen molar-refractivity contribution in [3.63, 3.8) is 0 Å². The van der Waals surface area contributed by atoms with Gasteiger partial charge in [0, 0.05) is 11.1 Å². The molecule has 0 bridgehead atoms. The summed E-state index contributed by atoms with van der Waals surface area (Å²) >= 11 is 0. The van der Waals surface area contributed by atoms with Crippen LogP contribution in [-0.4, -0.2) is 46.4 Å². The van der Waals surface area contributed by atoms with Crippen molar-refractivity contribution in [3.05, 3.63) is 64.9 Å². The molecule has 13 heteroatoms. The molecule has 1 aliphatic heterocycles. The molecule has 1 aromatic carbocycles. The topological polar surface area (TPSA) is 141 Å². The molecule has 2 aromatic heterocycles. The van der Waals surface area contributed by atoms with Crippen LogP contribution in [0.4, 0.5) is 17.6 Å². The highest BCUT2D eigenvalue weighted by atomic mass is 19.4. The van der Waals surface area contributed by atoms with Crippen LogP contribution in [0.5, 0.6) is 5.75 Å². The van der Waals surface area contributed by atoms with Crippen LogP contribution in [0, 0.1) is 12.7 Å². The number of benzene rings is 1. The van der Waals surface area contributed by atoms with Crippen molar-refractivity contribution in [3.8, 4) is 17.0 Å². The van der Waals surface area contributed by atoms with E-state index < -0.39 is 47.1 Å². The lowest BCUT2D eigenvalue weighted by molar-refractivity contribution is -0.265. The van der Waals surface area contributed by atoms with Crippen LogP contribution in [0.1, 0.15) is 34.3 Å². The van der Waals surface area contributed by atoms with Gasteiger partial charge in [-0.25, -0.2) is 9.37 Å². The van der Waals surface area contributed by atoms with Crippen LogP contribution in [0.25, 0.3) is 11.3 Å². The number of nitrogens with one attached hydrogen (secondary N) is 1. The Hall–Kier alpha value is -4.00. The summed E-state index contributed by atoms with van der Waals surface area (Å²) in [5, 5.41) is 16.4. The standard InChI is InChI=1S/C23H20F4N4O5/c1-11-14(8-30-36-11)19(32)29-9-22(34,23(25,26)27)16-7-15-18(35-10-21(15,2)20(28)33)17(31-16)12-3-5-13(24)6-4-12/h3-8,34H,9-10H2,1-2H3,(H2,28,33)(H,29,32)/t21-,22?/m0/s1. The molecule has 0 radical (unpaired) electrons. The van der Waals surface area contributed by atoms with Gasteiger partial charge < -0.3 is 25.4 Å². The fourth-order valence-corrected chi connectivity index (χ4v) is 3.76. The molecular formula is C23H20F4N4O5. The number of amides is 2. The van der Waals surface area contributed by atoms with E-state index in [1.165, 1.54) is 26.0 Å². The number of fused-ring (bicyclic) bond motifs is 1. The first-order chi connectivity index (χ1) is 16.8. The zero-order valence-corrected chi connectivity index (χ0v) is 18.9. The van der Waals surface area contributed by atoms with E-state index in [0.29, 0.717) is 0 Å². The van der Waals surface area contributed by atoms with Gasteiger partial charge in [0.2, 0.25) is 11.5 Å². The number of ether oxygens (including phenoxy) is 1. The van der Waals surface area contributed by atoms with Crippen LogP contribution in [0.3, 0.4) is 0 Å². The van der Waals surface area contributed by atoms with Gasteiger partial charge in [0.15, 0.2) is 0 Å². The van der Waals surface area contributed by atoms with Gasteiger partial charge in [0.25, 0.3) is 5.91 Å². The third-order valence-corrected chi connectivity index (χ3v) is 6.13. The molecule has 3 heterocycles. The third kappa shape index (κ3) is 4.04. The molecule has 2 amide bonds. The Morgan fingerprint density at radius 3 is 2.47 bits per heavy atom. The first kappa shape index (κ1) is 25.1. The fraction of sp³-hybridized carbons (Fsp3) is 0.304. The van der Waals surface area contributed by atoms with E-state index >= 15 is 0 Å². The van der Waals surface area contributed by atoms with Gasteiger partial charge in [-0.2, -0.15) is 13.2 Å². The second kappa shape index (κ2) is 8.59. The zero-order valence-electron chi connectivity index (χ0n) is 18.9. The van der Waals surface area contributed by atoms with Crippen LogP contribution >= 0.6 is 0 Å². The molecule has 190 valence electrons. The lowest BCUT2D eigenvalue weighted by atomic mass is 9.81. The first-order valence-corrected chi connectivity index (χ1v) is 10.5. The van der Waals surface area contributed by atoms with Crippen LogP contribution in [0.2, 0.25) is 0 Å². The minimum Gasteiger partial charge on any atom is -0.489 e. The second-order valence-corrected chi connectivity index (χ2v) is 8.56. The number of halogens is 4. The number of carbonyl (C=O) groups is 2. The molecule has 4 rings (SSSR count). The molecule has 9 nitrogen and oxygen atoms in total. The van der Waals surface area contributed by atoms with E-state index in [-0.39, 0.29) is 40.5 Å². The summed E-state index contributed by atoms with van der Waals surface area (Å²) in [6, 6.07) is 5.53. The van der Waals surface area contributed by atoms with Gasteiger partial charge in [-0.1, -0.05) is 5.16 Å². The SMILES string of the molecule is Cc1oncc1C(=O)NCC(O)(c1cc2c(c(-c3ccc(F)cc3)n1)OC[C@]2(C)C(N)=O)C(F)(F)F. The van der Waals surface area contributed by atoms with Gasteiger partial charge >= 0.3 is 6.18 Å². The largest absolute Gasteiger partial charge is 0.489 e. The summed E-state index contributed by atoms with van der Waals surface area (Å²) in [5.41, 5.74) is -0.808. The minimum absolute atomic E-state index is 0.0275. The highest BCUT2D eigenvalue weighted by Gasteiger charge is 2.57. The number of rotatable bonds is 6. The number of alkyl halides is 3. The first-order valence-electron chi connectivity index (χ1n) is 10.5. The van der Waals surface area contributed by atoms with E-state index in [4.69, 9.17) is 15.0 Å². The molecule has 36 heavy (non-hydrogen) atoms. The lowest BCUT2D eigenvalue weighted by Crippen LogP contribution is -2.51. The molecule has 1 unspecified atom stereocenters. The molecule has 2 atom stereocenters. The predicted octanol–water partition coefficient (Wildman–Crippen LogP) is 2.50. The van der Waals surface area contributed by atoms with Crippen LogP contribution in [0.15, 0.2) is 41.1 Å². The Morgan fingerprint density at radius 2 is 1.92 bits per heavy atom. The maximum absolute atomic E-state index is 14.3. The van der Waals surface area contributed by atoms with E-state index in [9.17, 15) is 32.3 Å². The van der Waals surface area contributed by atoms with E-state index in [2.05, 4.69) is 10.1 Å². The van der Waals surface area contributed by atoms with Crippen molar-refractivity contribution in [2.75, 3.05) is 13.2 Å². The Morgan fingerprint density at radius 1 is 1.25 bits per heavy atom. The van der Waals surface area contributed by atoms with Gasteiger partial charge in [-0.3, -0.25) is 9.59 Å². The maximum Gasteiger partial charge on any atom is 0.424 e. The highest BCUT2D eigenvalue weighted by Crippen LogP contribution is 2.47. The molecule has 0 spiro atoms. The normalized spacial score (nSPS) is 18.8. The van der Waals surface area contributed by atoms with Crippen molar-refractivity contribution < 1.29 is 41.5 Å². The molecule has 1 aliphatic rings. The summed E-state index contributed by atoms with van der Waals surface area (Å²) in [4.78, 5) is 28.6. The van der Waals surface area contributed by atoms with E-state index in [1.54, 1.807) is 0 Å². The second-order valence-electron chi connectivity index (χ2n) is 8.56. The summed E-state index contributed by atoms with van der Waals surface area (Å²) < 4.78 is 66.8. The third-order valence-electron chi connectivity index (χ3n) is 6.13. The van der Waals surface area contributed by atoms with Crippen LogP contribution in [-0.2, 0) is 15.8 Å². The fourth-order valence-electron chi connectivity index (χ4n) is 3.76. The Bertz CT molecular complexity index is 1340. The smallest absolute Gasteiger partial charge is 0.424 e. The summed E-state index contributed by atoms with van der Waals surface area (Å²) in [5.74, 6) is -2.42. The van der Waals surface area contributed by atoms with Crippen molar-refractivity contribution in [2.24, 2.45) is 5.73 Å². The number of primary amides is 1. The van der Waals surface area contributed by atoms with Gasteiger partial charge in [0.05, 0.1) is 18.4 Å². The summed E-state index contributed by atoms with van der Waals surface area (Å²) in [6.07, 6.45) is -4.30. The number of aliphatic hydroxyl groups is 1. The molecule has 4 N–H and O–H groups in total. The lowest BCUT2D eigenvalue weighted by Gasteiger charge is -2.31. The molecular weight excluding hydrogens is 488 g/mol. The number of hydrogen-bond acceptors (Lipinski definition) is 7. The molecule has 0 saturated heterocycles. The summed E-state index contributed by atoms with van der Waals surface area (Å²) in [6.45, 7) is 1.15. The summed E-state index contributed by atoms with van der Waals surface area (Å²) in [7, 11) is 0. The Balaban J connectivity index is 1.87.